The first-order valence-electron chi connectivity index (χ1n) is 15.2. The Hall–Kier alpha value is -3.14. The van der Waals surface area contributed by atoms with E-state index < -0.39 is 11.6 Å². The molecule has 2 saturated heterocycles. The van der Waals surface area contributed by atoms with Crippen LogP contribution in [0.15, 0.2) is 36.4 Å². The van der Waals surface area contributed by atoms with Crippen LogP contribution in [0.1, 0.15) is 73.8 Å². The summed E-state index contributed by atoms with van der Waals surface area (Å²) >= 11 is 5.98. The number of aromatic nitrogens is 2. The minimum absolute atomic E-state index is 0.182. The first-order valence-corrected chi connectivity index (χ1v) is 15.6. The van der Waals surface area contributed by atoms with Crippen LogP contribution in [-0.4, -0.2) is 52.8 Å². The molecule has 0 amide bonds. The van der Waals surface area contributed by atoms with E-state index in [4.69, 9.17) is 35.5 Å². The van der Waals surface area contributed by atoms with E-state index in [1.807, 2.05) is 26.0 Å². The molecule has 8 nitrogen and oxygen atoms in total. The Kier molecular flexibility index (Phi) is 8.67. The minimum Gasteiger partial charge on any atom is -0.466 e. The molecule has 3 aliphatic heterocycles. The van der Waals surface area contributed by atoms with Gasteiger partial charge in [-0.1, -0.05) is 23.7 Å². The zero-order chi connectivity index (χ0) is 30.1. The molecule has 3 aromatic rings. The summed E-state index contributed by atoms with van der Waals surface area (Å²) in [6.45, 7) is 10.1. The molecule has 230 valence electrons. The molecule has 4 heterocycles. The van der Waals surface area contributed by atoms with Crippen molar-refractivity contribution in [3.8, 4) is 11.5 Å². The molecule has 0 bridgehead atoms. The van der Waals surface area contributed by atoms with Crippen molar-refractivity contribution in [1.82, 2.24) is 14.5 Å². The molecule has 0 N–H and O–H groups in total. The fraction of sp³-hybridized carbons (Fsp3) is 0.515. The van der Waals surface area contributed by atoms with Crippen LogP contribution < -0.4 is 9.47 Å². The maximum Gasteiger partial charge on any atom is 0.306 e. The molecule has 6 rings (SSSR count). The molecular weight excluding hydrogens is 573 g/mol. The molecule has 43 heavy (non-hydrogen) atoms. The molecule has 2 aromatic carbocycles. The fourth-order valence-electron chi connectivity index (χ4n) is 6.45. The number of rotatable bonds is 10. The van der Waals surface area contributed by atoms with E-state index in [1.165, 1.54) is 6.07 Å². The lowest BCUT2D eigenvalue weighted by Crippen LogP contribution is -2.36. The second-order valence-electron chi connectivity index (χ2n) is 11.8. The van der Waals surface area contributed by atoms with E-state index in [1.54, 1.807) is 19.1 Å². The summed E-state index contributed by atoms with van der Waals surface area (Å²) in [5.41, 5.74) is 3.46. The lowest BCUT2D eigenvalue weighted by molar-refractivity contribution is -0.143. The fourth-order valence-corrected chi connectivity index (χ4v) is 6.61. The van der Waals surface area contributed by atoms with Crippen molar-refractivity contribution < 1.29 is 28.1 Å². The van der Waals surface area contributed by atoms with E-state index >= 15 is 0 Å². The van der Waals surface area contributed by atoms with Gasteiger partial charge in [0.1, 0.15) is 11.6 Å². The molecule has 10 heteroatoms. The summed E-state index contributed by atoms with van der Waals surface area (Å²) in [6, 6.07) is 10.5. The van der Waals surface area contributed by atoms with Crippen molar-refractivity contribution in [2.75, 3.05) is 26.3 Å². The summed E-state index contributed by atoms with van der Waals surface area (Å²) < 4.78 is 40.6. The van der Waals surface area contributed by atoms with Gasteiger partial charge in [0, 0.05) is 29.8 Å². The highest BCUT2D eigenvalue weighted by atomic mass is 35.5. The maximum atomic E-state index is 14.8. The number of fused-ring (bicyclic) bond motifs is 1. The van der Waals surface area contributed by atoms with Gasteiger partial charge in [0.25, 0.3) is 5.79 Å². The predicted octanol–water partition coefficient (Wildman–Crippen LogP) is 6.29. The van der Waals surface area contributed by atoms with Gasteiger partial charge in [-0.05, 0) is 82.8 Å². The number of nitrogens with zero attached hydrogens (tertiary/aromatic N) is 3. The third-order valence-electron chi connectivity index (χ3n) is 8.83. The quantitative estimate of drug-likeness (QED) is 0.249. The Balaban J connectivity index is 1.13. The SMILES string of the molecule is CCOC(=O)CCc1c(C)nc(CN2CCC(c3cccc4c3OC(C)(c3ccc(Cl)cc3F)O4)CC2)n1CC1CCO1. The summed E-state index contributed by atoms with van der Waals surface area (Å²) in [7, 11) is 0. The molecular formula is C33H39ClFN3O5. The van der Waals surface area contributed by atoms with E-state index in [0.29, 0.717) is 41.5 Å². The average Bonchev–Trinajstić information content (AvgIpc) is 3.45. The lowest BCUT2D eigenvalue weighted by Gasteiger charge is -2.33. The van der Waals surface area contributed by atoms with Crippen molar-refractivity contribution in [2.24, 2.45) is 0 Å². The Morgan fingerprint density at radius 2 is 1.98 bits per heavy atom. The zero-order valence-corrected chi connectivity index (χ0v) is 25.8. The number of ether oxygens (including phenoxy) is 4. The van der Waals surface area contributed by atoms with E-state index in [9.17, 15) is 9.18 Å². The number of aryl methyl sites for hydroxylation is 1. The van der Waals surface area contributed by atoms with Gasteiger partial charge in [-0.15, -0.1) is 0 Å². The average molecular weight is 612 g/mol. The Morgan fingerprint density at radius 1 is 1.19 bits per heavy atom. The summed E-state index contributed by atoms with van der Waals surface area (Å²) in [5.74, 6) is 0.717. The van der Waals surface area contributed by atoms with Crippen molar-refractivity contribution in [2.45, 2.75) is 83.8 Å². The molecule has 0 aliphatic carbocycles. The van der Waals surface area contributed by atoms with Gasteiger partial charge in [-0.3, -0.25) is 9.69 Å². The summed E-state index contributed by atoms with van der Waals surface area (Å²) in [5, 5.41) is 0.328. The number of piperidine rings is 1. The van der Waals surface area contributed by atoms with Crippen LogP contribution in [0.4, 0.5) is 4.39 Å². The van der Waals surface area contributed by atoms with Crippen LogP contribution in [-0.2, 0) is 39.6 Å². The van der Waals surface area contributed by atoms with Gasteiger partial charge in [0.15, 0.2) is 11.5 Å². The van der Waals surface area contributed by atoms with Crippen molar-refractivity contribution in [1.29, 1.82) is 0 Å². The van der Waals surface area contributed by atoms with Gasteiger partial charge in [-0.25, -0.2) is 9.37 Å². The number of benzene rings is 2. The number of carbonyl (C=O) groups is 1. The van der Waals surface area contributed by atoms with Crippen LogP contribution in [0.3, 0.4) is 0 Å². The molecule has 2 unspecified atom stereocenters. The van der Waals surface area contributed by atoms with Crippen molar-refractivity contribution >= 4 is 17.6 Å². The van der Waals surface area contributed by atoms with Crippen LogP contribution in [0.5, 0.6) is 11.5 Å². The monoisotopic (exact) mass is 611 g/mol. The van der Waals surface area contributed by atoms with E-state index in [-0.39, 0.29) is 18.0 Å². The van der Waals surface area contributed by atoms with E-state index in [2.05, 4.69) is 15.5 Å². The highest BCUT2D eigenvalue weighted by Crippen LogP contribution is 2.49. The molecule has 0 radical (unpaired) electrons. The molecule has 1 aromatic heterocycles. The maximum absolute atomic E-state index is 14.8. The summed E-state index contributed by atoms with van der Waals surface area (Å²) in [6.07, 6.45) is 4.07. The van der Waals surface area contributed by atoms with Crippen LogP contribution >= 0.6 is 11.6 Å². The van der Waals surface area contributed by atoms with Crippen LogP contribution in [0.2, 0.25) is 5.02 Å². The van der Waals surface area contributed by atoms with Gasteiger partial charge >= 0.3 is 5.97 Å². The number of imidazole rings is 1. The van der Waals surface area contributed by atoms with Crippen LogP contribution in [0.25, 0.3) is 0 Å². The second-order valence-corrected chi connectivity index (χ2v) is 12.2. The number of hydrogen-bond donors (Lipinski definition) is 0. The van der Waals surface area contributed by atoms with E-state index in [0.717, 1.165) is 74.8 Å². The predicted molar refractivity (Wildman–Crippen MR) is 160 cm³/mol. The number of halogens is 2. The third kappa shape index (κ3) is 6.26. The number of likely N-dealkylation sites (tertiary alicyclic amines) is 1. The highest BCUT2D eigenvalue weighted by Gasteiger charge is 2.43. The topological polar surface area (TPSA) is 75.0 Å². The molecule has 0 saturated carbocycles. The summed E-state index contributed by atoms with van der Waals surface area (Å²) in [4.78, 5) is 19.5. The normalized spacial score (nSPS) is 22.0. The number of para-hydroxylation sites is 1. The van der Waals surface area contributed by atoms with Crippen LogP contribution in [0, 0.1) is 12.7 Å². The standard InChI is InChI=1S/C33H39ClFN3O5/c1-4-40-31(39)11-10-28-21(2)36-30(38(28)19-24-14-17-41-24)20-37-15-12-22(13-16-37)25-6-5-7-29-32(25)43-33(3,42-29)26-9-8-23(34)18-27(26)35/h5-9,18,22,24H,4,10-17,19-20H2,1-3H3. The first-order chi connectivity index (χ1) is 20.7. The third-order valence-corrected chi connectivity index (χ3v) is 9.06. The minimum atomic E-state index is -1.27. The van der Waals surface area contributed by atoms with Gasteiger partial charge in [-0.2, -0.15) is 0 Å². The molecule has 3 aliphatic rings. The second kappa shape index (κ2) is 12.5. The lowest BCUT2D eigenvalue weighted by atomic mass is 9.88. The number of carbonyl (C=O) groups excluding carboxylic acids is 1. The van der Waals surface area contributed by atoms with Gasteiger partial charge < -0.3 is 23.5 Å². The smallest absolute Gasteiger partial charge is 0.306 e. The molecule has 2 fully saturated rings. The first kappa shape index (κ1) is 29.9. The van der Waals surface area contributed by atoms with Crippen molar-refractivity contribution in [3.05, 3.63) is 75.6 Å². The Bertz CT molecular complexity index is 1480. The zero-order valence-electron chi connectivity index (χ0n) is 25.0. The van der Waals surface area contributed by atoms with Crippen molar-refractivity contribution in [3.63, 3.8) is 0 Å². The van der Waals surface area contributed by atoms with Gasteiger partial charge in [0.2, 0.25) is 0 Å². The van der Waals surface area contributed by atoms with Gasteiger partial charge in [0.05, 0.1) is 43.5 Å². The molecule has 2 atom stereocenters. The highest BCUT2D eigenvalue weighted by molar-refractivity contribution is 6.30. The molecule has 0 spiro atoms. The Labute approximate surface area is 257 Å². The number of esters is 1. The number of hydrogen-bond acceptors (Lipinski definition) is 7. The Morgan fingerprint density at radius 3 is 2.67 bits per heavy atom. The largest absolute Gasteiger partial charge is 0.466 e.